The van der Waals surface area contributed by atoms with E-state index in [9.17, 15) is 4.79 Å². The van der Waals surface area contributed by atoms with E-state index in [1.165, 1.54) is 19.3 Å². The molecule has 15 heavy (non-hydrogen) atoms. The minimum Gasteiger partial charge on any atom is -0.459 e. The van der Waals surface area contributed by atoms with Crippen LogP contribution in [0.2, 0.25) is 0 Å². The van der Waals surface area contributed by atoms with Gasteiger partial charge in [0.05, 0.1) is 0 Å². The number of carbonyl (C=O) groups excluding carboxylic acids is 1. The minimum absolute atomic E-state index is 0.0665. The molecular formula is C13H22O2. The Balaban J connectivity index is 2.41. The third-order valence-electron chi connectivity index (χ3n) is 3.02. The number of cyclic esters (lactones) is 1. The molecular weight excluding hydrogens is 188 g/mol. The van der Waals surface area contributed by atoms with E-state index in [1.54, 1.807) is 0 Å². The van der Waals surface area contributed by atoms with E-state index >= 15 is 0 Å². The summed E-state index contributed by atoms with van der Waals surface area (Å²) in [7, 11) is 0. The number of hydrogen-bond acceptors (Lipinski definition) is 2. The quantitative estimate of drug-likeness (QED) is 0.513. The van der Waals surface area contributed by atoms with Gasteiger partial charge in [0.15, 0.2) is 0 Å². The van der Waals surface area contributed by atoms with E-state index in [2.05, 4.69) is 27.4 Å². The van der Waals surface area contributed by atoms with Crippen LogP contribution in [0.5, 0.6) is 0 Å². The molecule has 1 saturated heterocycles. The van der Waals surface area contributed by atoms with E-state index in [0.29, 0.717) is 12.0 Å². The monoisotopic (exact) mass is 210 g/mol. The number of hydrogen-bond donors (Lipinski definition) is 0. The topological polar surface area (TPSA) is 26.3 Å². The summed E-state index contributed by atoms with van der Waals surface area (Å²) in [6.07, 6.45) is 5.41. The Labute approximate surface area is 92.7 Å². The van der Waals surface area contributed by atoms with Crippen molar-refractivity contribution in [3.8, 4) is 0 Å². The van der Waals surface area contributed by atoms with Crippen LogP contribution < -0.4 is 0 Å². The predicted octanol–water partition coefficient (Wildman–Crippen LogP) is 3.46. The maximum absolute atomic E-state index is 11.2. The van der Waals surface area contributed by atoms with Crippen LogP contribution >= 0.6 is 0 Å². The number of ether oxygens (including phenoxy) is 1. The van der Waals surface area contributed by atoms with E-state index in [-0.39, 0.29) is 17.5 Å². The van der Waals surface area contributed by atoms with Gasteiger partial charge in [-0.3, -0.25) is 0 Å². The molecule has 0 N–H and O–H groups in total. The smallest absolute Gasteiger partial charge is 0.333 e. The molecule has 0 aromatic carbocycles. The predicted molar refractivity (Wildman–Crippen MR) is 61.6 cm³/mol. The van der Waals surface area contributed by atoms with Crippen molar-refractivity contribution >= 4 is 5.97 Å². The molecule has 1 atom stereocenters. The lowest BCUT2D eigenvalue weighted by atomic mass is 9.81. The van der Waals surface area contributed by atoms with E-state index in [4.69, 9.17) is 4.74 Å². The second kappa shape index (κ2) is 4.82. The van der Waals surface area contributed by atoms with Gasteiger partial charge in [-0.15, -0.1) is 0 Å². The van der Waals surface area contributed by atoms with Crippen LogP contribution in [-0.4, -0.2) is 12.1 Å². The molecule has 0 radical (unpaired) electrons. The van der Waals surface area contributed by atoms with Crippen LogP contribution in [0.3, 0.4) is 0 Å². The van der Waals surface area contributed by atoms with E-state index in [0.717, 1.165) is 6.42 Å². The lowest BCUT2D eigenvalue weighted by Gasteiger charge is -2.26. The molecule has 0 amide bonds. The van der Waals surface area contributed by atoms with Crippen molar-refractivity contribution in [3.63, 3.8) is 0 Å². The zero-order valence-corrected chi connectivity index (χ0v) is 10.1. The van der Waals surface area contributed by atoms with Crippen LogP contribution in [0.1, 0.15) is 52.9 Å². The van der Waals surface area contributed by atoms with Crippen molar-refractivity contribution in [1.82, 2.24) is 0 Å². The van der Waals surface area contributed by atoms with Crippen molar-refractivity contribution in [1.29, 1.82) is 0 Å². The van der Waals surface area contributed by atoms with Gasteiger partial charge < -0.3 is 4.74 Å². The molecule has 0 saturated carbocycles. The summed E-state index contributed by atoms with van der Waals surface area (Å²) in [5, 5.41) is 0. The average Bonchev–Trinajstić information content (AvgIpc) is 2.41. The summed E-state index contributed by atoms with van der Waals surface area (Å²) in [5.41, 5.74) is 0.900. The van der Waals surface area contributed by atoms with Crippen molar-refractivity contribution in [2.45, 2.75) is 59.0 Å². The molecule has 0 aromatic rings. The molecule has 0 aromatic heterocycles. The lowest BCUT2D eigenvalue weighted by molar-refractivity contribution is -0.139. The van der Waals surface area contributed by atoms with Gasteiger partial charge in [0.1, 0.15) is 6.10 Å². The average molecular weight is 210 g/mol. The molecule has 1 fully saturated rings. The van der Waals surface area contributed by atoms with Gasteiger partial charge >= 0.3 is 5.97 Å². The first-order valence-electron chi connectivity index (χ1n) is 5.83. The molecule has 1 rings (SSSR count). The molecule has 0 aliphatic carbocycles. The second-order valence-corrected chi connectivity index (χ2v) is 5.31. The number of unbranched alkanes of at least 4 members (excludes halogenated alkanes) is 1. The molecule has 2 heteroatoms. The summed E-state index contributed by atoms with van der Waals surface area (Å²) < 4.78 is 5.25. The van der Waals surface area contributed by atoms with Gasteiger partial charge in [-0.2, -0.15) is 0 Å². The Morgan fingerprint density at radius 3 is 2.67 bits per heavy atom. The zero-order chi connectivity index (χ0) is 11.5. The van der Waals surface area contributed by atoms with Crippen LogP contribution in [0.15, 0.2) is 12.2 Å². The highest BCUT2D eigenvalue weighted by Gasteiger charge is 2.32. The van der Waals surface area contributed by atoms with Gasteiger partial charge in [-0.05, 0) is 18.3 Å². The zero-order valence-electron chi connectivity index (χ0n) is 10.1. The van der Waals surface area contributed by atoms with Gasteiger partial charge in [0, 0.05) is 12.0 Å². The van der Waals surface area contributed by atoms with Crippen LogP contribution in [0, 0.1) is 5.41 Å². The summed E-state index contributed by atoms with van der Waals surface area (Å²) in [6.45, 7) is 10.4. The number of carbonyl (C=O) groups is 1. The molecule has 0 spiro atoms. The fourth-order valence-electron chi connectivity index (χ4n) is 2.12. The normalized spacial score (nSPS) is 21.9. The third kappa shape index (κ3) is 3.69. The fraction of sp³-hybridized carbons (Fsp3) is 0.769. The highest BCUT2D eigenvalue weighted by Crippen LogP contribution is 2.34. The molecule has 2 nitrogen and oxygen atoms in total. The fourth-order valence-corrected chi connectivity index (χ4v) is 2.12. The summed E-state index contributed by atoms with van der Waals surface area (Å²) in [4.78, 5) is 11.2. The van der Waals surface area contributed by atoms with Crippen molar-refractivity contribution in [3.05, 3.63) is 12.2 Å². The Morgan fingerprint density at radius 1 is 1.53 bits per heavy atom. The first kappa shape index (κ1) is 12.3. The van der Waals surface area contributed by atoms with Crippen molar-refractivity contribution in [2.75, 3.05) is 0 Å². The maximum atomic E-state index is 11.2. The highest BCUT2D eigenvalue weighted by molar-refractivity contribution is 5.89. The van der Waals surface area contributed by atoms with Gasteiger partial charge in [0.2, 0.25) is 0 Å². The Bertz CT molecular complexity index is 237. The van der Waals surface area contributed by atoms with Crippen molar-refractivity contribution < 1.29 is 9.53 Å². The third-order valence-corrected chi connectivity index (χ3v) is 3.02. The standard InChI is InChI=1S/C13H22O2/c1-5-6-7-13(3,4)9-11-8-10(2)12(14)15-11/h11H,2,5-9H2,1,3-4H3. The van der Waals surface area contributed by atoms with Gasteiger partial charge in [-0.25, -0.2) is 4.79 Å². The molecule has 0 bridgehead atoms. The Hall–Kier alpha value is -0.790. The molecule has 1 heterocycles. The van der Waals surface area contributed by atoms with E-state index < -0.39 is 0 Å². The van der Waals surface area contributed by atoms with Gasteiger partial charge in [0.25, 0.3) is 0 Å². The second-order valence-electron chi connectivity index (χ2n) is 5.31. The van der Waals surface area contributed by atoms with Gasteiger partial charge in [-0.1, -0.05) is 40.2 Å². The summed E-state index contributed by atoms with van der Waals surface area (Å²) in [5.74, 6) is -0.203. The molecule has 1 aliphatic heterocycles. The molecule has 86 valence electrons. The lowest BCUT2D eigenvalue weighted by Crippen LogP contribution is -2.20. The van der Waals surface area contributed by atoms with Crippen LogP contribution in [0.25, 0.3) is 0 Å². The number of esters is 1. The SMILES string of the molecule is C=C1CC(CC(C)(C)CCCC)OC1=O. The highest BCUT2D eigenvalue weighted by atomic mass is 16.5. The Morgan fingerprint density at radius 2 is 2.20 bits per heavy atom. The molecule has 1 aliphatic rings. The molecule has 1 unspecified atom stereocenters. The first-order valence-corrected chi connectivity index (χ1v) is 5.83. The van der Waals surface area contributed by atoms with E-state index in [1.807, 2.05) is 0 Å². The van der Waals surface area contributed by atoms with Crippen molar-refractivity contribution in [2.24, 2.45) is 5.41 Å². The number of rotatable bonds is 5. The Kier molecular flexibility index (Phi) is 3.95. The summed E-state index contributed by atoms with van der Waals surface area (Å²) >= 11 is 0. The first-order chi connectivity index (χ1) is 6.94. The largest absolute Gasteiger partial charge is 0.459 e. The van der Waals surface area contributed by atoms with Crippen LogP contribution in [0.4, 0.5) is 0 Å². The van der Waals surface area contributed by atoms with Crippen LogP contribution in [-0.2, 0) is 9.53 Å². The minimum atomic E-state index is -0.203. The maximum Gasteiger partial charge on any atom is 0.333 e. The summed E-state index contributed by atoms with van der Waals surface area (Å²) in [6, 6.07) is 0.